The highest BCUT2D eigenvalue weighted by Gasteiger charge is 2.34. The van der Waals surface area contributed by atoms with Crippen LogP contribution >= 0.6 is 0 Å². The zero-order valence-corrected chi connectivity index (χ0v) is 18.5. The first-order chi connectivity index (χ1) is 15.6. The summed E-state index contributed by atoms with van der Waals surface area (Å²) in [6.45, 7) is 6.12. The van der Waals surface area contributed by atoms with Crippen LogP contribution < -0.4 is 14.2 Å². The van der Waals surface area contributed by atoms with Crippen molar-refractivity contribution in [3.8, 4) is 28.6 Å². The van der Waals surface area contributed by atoms with Crippen LogP contribution in [0.15, 0.2) is 47.0 Å². The van der Waals surface area contributed by atoms with Crippen molar-refractivity contribution in [2.24, 2.45) is 0 Å². The summed E-state index contributed by atoms with van der Waals surface area (Å²) in [6, 6.07) is 13.3. The molecule has 168 valence electrons. The number of carbonyl (C=O) groups excluding carboxylic acids is 1. The lowest BCUT2D eigenvalue weighted by Gasteiger charge is -2.16. The molecule has 0 bridgehead atoms. The number of methoxy groups -OCH3 is 1. The molecule has 0 aliphatic carbocycles. The topological polar surface area (TPSA) is 86.9 Å². The van der Waals surface area contributed by atoms with Crippen molar-refractivity contribution in [2.45, 2.75) is 32.7 Å². The maximum atomic E-state index is 12.6. The van der Waals surface area contributed by atoms with E-state index in [0.717, 1.165) is 16.9 Å². The molecule has 1 saturated heterocycles. The molecule has 0 N–H and O–H groups in total. The maximum Gasteiger partial charge on any atom is 0.232 e. The number of aromatic nitrogens is 2. The third kappa shape index (κ3) is 4.69. The SMILES string of the molecule is CCOc1ccc(CN2CC(c3nc(-c4ccc(OCC)c(OC)c4)no3)CC2=O)cc1. The van der Waals surface area contributed by atoms with Crippen LogP contribution in [0.1, 0.15) is 37.6 Å². The number of benzene rings is 2. The molecule has 3 aromatic rings. The summed E-state index contributed by atoms with van der Waals surface area (Å²) in [4.78, 5) is 18.9. The van der Waals surface area contributed by atoms with Gasteiger partial charge in [-0.15, -0.1) is 0 Å². The number of hydrogen-bond acceptors (Lipinski definition) is 7. The molecule has 1 unspecified atom stereocenters. The Bertz CT molecular complexity index is 1060. The number of rotatable bonds is 9. The zero-order chi connectivity index (χ0) is 22.5. The fraction of sp³-hybridized carbons (Fsp3) is 0.375. The van der Waals surface area contributed by atoms with Crippen LogP contribution in [-0.2, 0) is 11.3 Å². The van der Waals surface area contributed by atoms with E-state index >= 15 is 0 Å². The molecule has 4 rings (SSSR count). The van der Waals surface area contributed by atoms with E-state index in [1.54, 1.807) is 7.11 Å². The largest absolute Gasteiger partial charge is 0.494 e. The smallest absolute Gasteiger partial charge is 0.232 e. The van der Waals surface area contributed by atoms with Crippen LogP contribution in [0, 0.1) is 0 Å². The lowest BCUT2D eigenvalue weighted by Crippen LogP contribution is -2.24. The zero-order valence-electron chi connectivity index (χ0n) is 18.5. The van der Waals surface area contributed by atoms with Crippen LogP contribution in [-0.4, -0.2) is 47.8 Å². The van der Waals surface area contributed by atoms with Gasteiger partial charge in [0.2, 0.25) is 17.6 Å². The molecule has 2 aromatic carbocycles. The molecule has 8 heteroatoms. The summed E-state index contributed by atoms with van der Waals surface area (Å²) < 4.78 is 21.9. The maximum absolute atomic E-state index is 12.6. The Morgan fingerprint density at radius 1 is 1.06 bits per heavy atom. The third-order valence-corrected chi connectivity index (χ3v) is 5.33. The van der Waals surface area contributed by atoms with Crippen molar-refractivity contribution in [1.29, 1.82) is 0 Å². The number of hydrogen-bond donors (Lipinski definition) is 0. The predicted molar refractivity (Wildman–Crippen MR) is 118 cm³/mol. The summed E-state index contributed by atoms with van der Waals surface area (Å²) in [7, 11) is 1.59. The third-order valence-electron chi connectivity index (χ3n) is 5.33. The van der Waals surface area contributed by atoms with E-state index in [1.165, 1.54) is 0 Å². The first kappa shape index (κ1) is 21.7. The fourth-order valence-electron chi connectivity index (χ4n) is 3.77. The molecule has 0 saturated carbocycles. The van der Waals surface area contributed by atoms with Crippen LogP contribution in [0.5, 0.6) is 17.2 Å². The highest BCUT2D eigenvalue weighted by Crippen LogP contribution is 2.33. The van der Waals surface area contributed by atoms with Crippen molar-refractivity contribution in [3.63, 3.8) is 0 Å². The van der Waals surface area contributed by atoms with E-state index in [0.29, 0.717) is 55.9 Å². The molecule has 8 nitrogen and oxygen atoms in total. The van der Waals surface area contributed by atoms with Gasteiger partial charge in [-0.3, -0.25) is 4.79 Å². The number of nitrogens with zero attached hydrogens (tertiary/aromatic N) is 3. The Morgan fingerprint density at radius 2 is 1.84 bits per heavy atom. The second-order valence-corrected chi connectivity index (χ2v) is 7.51. The number of amides is 1. The van der Waals surface area contributed by atoms with Gasteiger partial charge in [-0.05, 0) is 49.7 Å². The number of likely N-dealkylation sites (tertiary alicyclic amines) is 1. The lowest BCUT2D eigenvalue weighted by molar-refractivity contribution is -0.128. The van der Waals surface area contributed by atoms with Crippen LogP contribution in [0.25, 0.3) is 11.4 Å². The lowest BCUT2D eigenvalue weighted by atomic mass is 10.1. The van der Waals surface area contributed by atoms with Crippen LogP contribution in [0.3, 0.4) is 0 Å². The van der Waals surface area contributed by atoms with Gasteiger partial charge in [0.15, 0.2) is 11.5 Å². The summed E-state index contributed by atoms with van der Waals surface area (Å²) in [5.41, 5.74) is 1.81. The molecular weight excluding hydrogens is 410 g/mol. The Labute approximate surface area is 187 Å². The van der Waals surface area contributed by atoms with Crippen molar-refractivity contribution in [1.82, 2.24) is 15.0 Å². The van der Waals surface area contributed by atoms with E-state index in [-0.39, 0.29) is 11.8 Å². The van der Waals surface area contributed by atoms with Crippen LogP contribution in [0.2, 0.25) is 0 Å². The van der Waals surface area contributed by atoms with Crippen molar-refractivity contribution in [2.75, 3.05) is 26.9 Å². The molecule has 2 heterocycles. The molecule has 32 heavy (non-hydrogen) atoms. The number of carbonyl (C=O) groups is 1. The van der Waals surface area contributed by atoms with Gasteiger partial charge in [0.25, 0.3) is 0 Å². The number of ether oxygens (including phenoxy) is 3. The summed E-state index contributed by atoms with van der Waals surface area (Å²) >= 11 is 0. The minimum absolute atomic E-state index is 0.0753. The summed E-state index contributed by atoms with van der Waals surface area (Å²) in [5, 5.41) is 4.12. The van der Waals surface area contributed by atoms with Crippen LogP contribution in [0.4, 0.5) is 0 Å². The van der Waals surface area contributed by atoms with Gasteiger partial charge in [-0.1, -0.05) is 17.3 Å². The van der Waals surface area contributed by atoms with E-state index in [2.05, 4.69) is 10.1 Å². The van der Waals surface area contributed by atoms with E-state index in [4.69, 9.17) is 18.7 Å². The second-order valence-electron chi connectivity index (χ2n) is 7.51. The second kappa shape index (κ2) is 9.72. The molecule has 1 amide bonds. The van der Waals surface area contributed by atoms with E-state index < -0.39 is 0 Å². The Hall–Kier alpha value is -3.55. The van der Waals surface area contributed by atoms with E-state index in [1.807, 2.05) is 61.2 Å². The first-order valence-corrected chi connectivity index (χ1v) is 10.8. The molecular formula is C24H27N3O5. The Morgan fingerprint density at radius 3 is 2.56 bits per heavy atom. The normalized spacial score (nSPS) is 15.8. The Kier molecular flexibility index (Phi) is 6.58. The van der Waals surface area contributed by atoms with Gasteiger partial charge in [0, 0.05) is 25.1 Å². The standard InChI is InChI=1S/C24H27N3O5/c1-4-30-19-9-6-16(7-10-19)14-27-15-18(13-22(27)28)24-25-23(26-32-24)17-8-11-20(31-5-2)21(12-17)29-3/h6-12,18H,4-5,13-15H2,1-3H3. The van der Waals surface area contributed by atoms with Crippen molar-refractivity contribution in [3.05, 3.63) is 53.9 Å². The quantitative estimate of drug-likeness (QED) is 0.499. The average Bonchev–Trinajstić information content (AvgIpc) is 3.43. The molecule has 1 atom stereocenters. The van der Waals surface area contributed by atoms with Gasteiger partial charge in [-0.25, -0.2) is 0 Å². The van der Waals surface area contributed by atoms with E-state index in [9.17, 15) is 4.79 Å². The molecule has 1 fully saturated rings. The highest BCUT2D eigenvalue weighted by atomic mass is 16.5. The molecule has 1 aliphatic rings. The fourth-order valence-corrected chi connectivity index (χ4v) is 3.77. The summed E-state index contributed by atoms with van der Waals surface area (Å²) in [5.74, 6) is 2.96. The van der Waals surface area contributed by atoms with Crippen molar-refractivity contribution < 1.29 is 23.5 Å². The average molecular weight is 437 g/mol. The summed E-state index contributed by atoms with van der Waals surface area (Å²) in [6.07, 6.45) is 0.352. The monoisotopic (exact) mass is 437 g/mol. The van der Waals surface area contributed by atoms with Gasteiger partial charge in [-0.2, -0.15) is 4.98 Å². The van der Waals surface area contributed by atoms with Gasteiger partial charge in [0.1, 0.15) is 5.75 Å². The predicted octanol–water partition coefficient (Wildman–Crippen LogP) is 4.06. The highest BCUT2D eigenvalue weighted by molar-refractivity contribution is 5.79. The minimum atomic E-state index is -0.129. The van der Waals surface area contributed by atoms with Gasteiger partial charge >= 0.3 is 0 Å². The van der Waals surface area contributed by atoms with Gasteiger partial charge in [0.05, 0.1) is 26.2 Å². The molecule has 0 radical (unpaired) electrons. The molecule has 1 aromatic heterocycles. The Balaban J connectivity index is 1.44. The molecule has 1 aliphatic heterocycles. The molecule has 0 spiro atoms. The first-order valence-electron chi connectivity index (χ1n) is 10.8. The van der Waals surface area contributed by atoms with Crippen molar-refractivity contribution >= 4 is 5.91 Å². The minimum Gasteiger partial charge on any atom is -0.494 e. The van der Waals surface area contributed by atoms with Gasteiger partial charge < -0.3 is 23.6 Å².